The molecule has 1 aliphatic heterocycles. The Labute approximate surface area is 126 Å². The Kier molecular flexibility index (Phi) is 5.92. The van der Waals surface area contributed by atoms with Crippen LogP contribution in [0.3, 0.4) is 0 Å². The van der Waals surface area contributed by atoms with Gasteiger partial charge in [0.1, 0.15) is 0 Å². The molecule has 118 valence electrons. The van der Waals surface area contributed by atoms with Crippen molar-refractivity contribution in [3.63, 3.8) is 0 Å². The van der Waals surface area contributed by atoms with Crippen LogP contribution in [0.1, 0.15) is 72.6 Å². The van der Waals surface area contributed by atoms with Gasteiger partial charge in [0, 0.05) is 18.6 Å². The molecule has 0 amide bonds. The molecule has 0 spiro atoms. The first-order chi connectivity index (χ1) is 9.52. The summed E-state index contributed by atoms with van der Waals surface area (Å²) in [6, 6.07) is 1.56. The minimum absolute atomic E-state index is 0.457. The second-order valence-electron chi connectivity index (χ2n) is 8.06. The zero-order chi connectivity index (χ0) is 14.6. The summed E-state index contributed by atoms with van der Waals surface area (Å²) in [4.78, 5) is 2.80. The van der Waals surface area contributed by atoms with Gasteiger partial charge in [-0.3, -0.25) is 4.90 Å². The van der Waals surface area contributed by atoms with Gasteiger partial charge < -0.3 is 5.32 Å². The van der Waals surface area contributed by atoms with Gasteiger partial charge in [-0.25, -0.2) is 0 Å². The van der Waals surface area contributed by atoms with Crippen LogP contribution in [0.5, 0.6) is 0 Å². The summed E-state index contributed by atoms with van der Waals surface area (Å²) >= 11 is 0. The van der Waals surface area contributed by atoms with Crippen LogP contribution in [0.4, 0.5) is 0 Å². The summed E-state index contributed by atoms with van der Waals surface area (Å²) in [5.74, 6) is 0.875. The SMILES string of the molecule is CCN(CC1CCCCN1)C1CCCCC1C(C)(C)C. The second-order valence-corrected chi connectivity index (χ2v) is 8.06. The van der Waals surface area contributed by atoms with E-state index in [-0.39, 0.29) is 0 Å². The molecule has 1 N–H and O–H groups in total. The van der Waals surface area contributed by atoms with Crippen LogP contribution in [-0.4, -0.2) is 36.6 Å². The summed E-state index contributed by atoms with van der Waals surface area (Å²) in [5.41, 5.74) is 0.457. The van der Waals surface area contributed by atoms with Gasteiger partial charge in [0.05, 0.1) is 0 Å². The Hall–Kier alpha value is -0.0800. The van der Waals surface area contributed by atoms with Crippen molar-refractivity contribution in [1.29, 1.82) is 0 Å². The Morgan fingerprint density at radius 1 is 1.00 bits per heavy atom. The maximum Gasteiger partial charge on any atom is 0.0195 e. The van der Waals surface area contributed by atoms with Gasteiger partial charge in [0.15, 0.2) is 0 Å². The largest absolute Gasteiger partial charge is 0.313 e. The quantitative estimate of drug-likeness (QED) is 0.835. The molecule has 2 aliphatic rings. The number of hydrogen-bond acceptors (Lipinski definition) is 2. The van der Waals surface area contributed by atoms with Gasteiger partial charge in [-0.15, -0.1) is 0 Å². The molecule has 3 atom stereocenters. The fourth-order valence-electron chi connectivity index (χ4n) is 4.42. The van der Waals surface area contributed by atoms with E-state index in [0.717, 1.165) is 18.0 Å². The lowest BCUT2D eigenvalue weighted by Crippen LogP contribution is -2.52. The number of nitrogens with one attached hydrogen (secondary N) is 1. The topological polar surface area (TPSA) is 15.3 Å². The van der Waals surface area contributed by atoms with Crippen molar-refractivity contribution in [2.24, 2.45) is 11.3 Å². The van der Waals surface area contributed by atoms with Crippen LogP contribution in [-0.2, 0) is 0 Å². The summed E-state index contributed by atoms with van der Waals surface area (Å²) in [6.07, 6.45) is 9.90. The number of nitrogens with zero attached hydrogens (tertiary/aromatic N) is 1. The summed E-state index contributed by atoms with van der Waals surface area (Å²) < 4.78 is 0. The number of piperidine rings is 1. The van der Waals surface area contributed by atoms with E-state index in [1.807, 2.05) is 0 Å². The van der Waals surface area contributed by atoms with Gasteiger partial charge in [0.25, 0.3) is 0 Å². The third-order valence-corrected chi connectivity index (χ3v) is 5.58. The number of hydrogen-bond donors (Lipinski definition) is 1. The van der Waals surface area contributed by atoms with Crippen LogP contribution in [0, 0.1) is 11.3 Å². The highest BCUT2D eigenvalue weighted by molar-refractivity contribution is 4.91. The first-order valence-corrected chi connectivity index (χ1v) is 8.99. The first kappa shape index (κ1) is 16.3. The van der Waals surface area contributed by atoms with Gasteiger partial charge in [-0.2, -0.15) is 0 Å². The molecule has 20 heavy (non-hydrogen) atoms. The standard InChI is InChI=1S/C18H36N2/c1-5-20(14-15-10-8-9-13-19-15)17-12-7-6-11-16(17)18(2,3)4/h15-17,19H,5-14H2,1-4H3. The van der Waals surface area contributed by atoms with Crippen molar-refractivity contribution in [2.45, 2.75) is 84.7 Å². The molecular weight excluding hydrogens is 244 g/mol. The minimum Gasteiger partial charge on any atom is -0.313 e. The van der Waals surface area contributed by atoms with Crippen molar-refractivity contribution >= 4 is 0 Å². The maximum absolute atomic E-state index is 3.73. The van der Waals surface area contributed by atoms with E-state index in [0.29, 0.717) is 5.41 Å². The Balaban J connectivity index is 1.99. The van der Waals surface area contributed by atoms with Gasteiger partial charge in [-0.1, -0.05) is 47.0 Å². The smallest absolute Gasteiger partial charge is 0.0195 e. The Morgan fingerprint density at radius 3 is 2.30 bits per heavy atom. The van der Waals surface area contributed by atoms with Crippen LogP contribution in [0.15, 0.2) is 0 Å². The van der Waals surface area contributed by atoms with E-state index in [2.05, 4.69) is 37.9 Å². The normalized spacial score (nSPS) is 32.5. The average molecular weight is 280 g/mol. The fraction of sp³-hybridized carbons (Fsp3) is 1.00. The zero-order valence-corrected chi connectivity index (χ0v) is 14.3. The van der Waals surface area contributed by atoms with Gasteiger partial charge in [0.2, 0.25) is 0 Å². The van der Waals surface area contributed by atoms with Crippen molar-refractivity contribution in [1.82, 2.24) is 10.2 Å². The third kappa shape index (κ3) is 4.21. The molecular formula is C18H36N2. The molecule has 1 saturated heterocycles. The van der Waals surface area contributed by atoms with Crippen molar-refractivity contribution in [3.8, 4) is 0 Å². The molecule has 0 aromatic heterocycles. The van der Waals surface area contributed by atoms with Crippen molar-refractivity contribution < 1.29 is 0 Å². The Bertz CT molecular complexity index is 276. The van der Waals surface area contributed by atoms with Crippen molar-refractivity contribution in [3.05, 3.63) is 0 Å². The highest BCUT2D eigenvalue weighted by Crippen LogP contribution is 2.40. The number of likely N-dealkylation sites (N-methyl/N-ethyl adjacent to an activating group) is 1. The number of rotatable bonds is 4. The molecule has 0 aromatic carbocycles. The molecule has 2 rings (SSSR count). The Morgan fingerprint density at radius 2 is 1.70 bits per heavy atom. The molecule has 2 fully saturated rings. The molecule has 2 nitrogen and oxygen atoms in total. The van der Waals surface area contributed by atoms with Gasteiger partial charge >= 0.3 is 0 Å². The molecule has 0 bridgehead atoms. The minimum atomic E-state index is 0.457. The van der Waals surface area contributed by atoms with E-state index in [9.17, 15) is 0 Å². The lowest BCUT2D eigenvalue weighted by atomic mass is 9.69. The van der Waals surface area contributed by atoms with Crippen LogP contribution >= 0.6 is 0 Å². The second kappa shape index (κ2) is 7.26. The maximum atomic E-state index is 3.73. The fourth-order valence-corrected chi connectivity index (χ4v) is 4.42. The van der Waals surface area contributed by atoms with E-state index in [1.165, 1.54) is 64.6 Å². The monoisotopic (exact) mass is 280 g/mol. The van der Waals surface area contributed by atoms with E-state index in [4.69, 9.17) is 0 Å². The predicted octanol–water partition coefficient (Wildman–Crippen LogP) is 4.06. The lowest BCUT2D eigenvalue weighted by molar-refractivity contribution is 0.0369. The molecule has 1 heterocycles. The molecule has 0 radical (unpaired) electrons. The lowest BCUT2D eigenvalue weighted by Gasteiger charge is -2.47. The van der Waals surface area contributed by atoms with E-state index in [1.54, 1.807) is 0 Å². The van der Waals surface area contributed by atoms with E-state index < -0.39 is 0 Å². The average Bonchev–Trinajstić information content (AvgIpc) is 2.45. The summed E-state index contributed by atoms with van der Waals surface area (Å²) in [5, 5.41) is 3.73. The van der Waals surface area contributed by atoms with Crippen LogP contribution < -0.4 is 5.32 Å². The highest BCUT2D eigenvalue weighted by atomic mass is 15.2. The highest BCUT2D eigenvalue weighted by Gasteiger charge is 2.37. The van der Waals surface area contributed by atoms with Gasteiger partial charge in [-0.05, 0) is 50.1 Å². The summed E-state index contributed by atoms with van der Waals surface area (Å²) in [7, 11) is 0. The predicted molar refractivity (Wildman–Crippen MR) is 88.1 cm³/mol. The zero-order valence-electron chi connectivity index (χ0n) is 14.3. The molecule has 1 saturated carbocycles. The van der Waals surface area contributed by atoms with E-state index >= 15 is 0 Å². The van der Waals surface area contributed by atoms with Crippen LogP contribution in [0.25, 0.3) is 0 Å². The molecule has 1 aliphatic carbocycles. The van der Waals surface area contributed by atoms with Crippen molar-refractivity contribution in [2.75, 3.05) is 19.6 Å². The molecule has 3 unspecified atom stereocenters. The first-order valence-electron chi connectivity index (χ1n) is 8.99. The molecule has 0 aromatic rings. The molecule has 2 heteroatoms. The summed E-state index contributed by atoms with van der Waals surface area (Å²) in [6.45, 7) is 13.4. The third-order valence-electron chi connectivity index (χ3n) is 5.58. The van der Waals surface area contributed by atoms with Crippen LogP contribution in [0.2, 0.25) is 0 Å².